The molecule has 1 aromatic heterocycles. The average molecular weight is 146 g/mol. The van der Waals surface area contributed by atoms with E-state index in [0.717, 1.165) is 16.7 Å². The number of hydrogen-bond donors (Lipinski definition) is 1. The molecular weight excluding hydrogens is 138 g/mol. The van der Waals surface area contributed by atoms with Gasteiger partial charge >= 0.3 is 0 Å². The fourth-order valence-electron chi connectivity index (χ4n) is 1.15. The standard InChI is InChI=1S/C9H8NO/c1-11-9-6-10-8-5-3-2-4-7(8)9/h2,4-6,10H,1H3. The molecule has 2 aromatic rings. The van der Waals surface area contributed by atoms with Crippen LogP contribution in [0, 0.1) is 6.07 Å². The number of hydrogen-bond acceptors (Lipinski definition) is 1. The van der Waals surface area contributed by atoms with Crippen molar-refractivity contribution in [2.45, 2.75) is 0 Å². The van der Waals surface area contributed by atoms with Crippen molar-refractivity contribution in [1.29, 1.82) is 0 Å². The Morgan fingerprint density at radius 1 is 1.55 bits per heavy atom. The molecule has 2 nitrogen and oxygen atoms in total. The summed E-state index contributed by atoms with van der Waals surface area (Å²) in [6, 6.07) is 8.74. The molecule has 0 fully saturated rings. The number of rotatable bonds is 1. The van der Waals surface area contributed by atoms with Gasteiger partial charge in [-0.25, -0.2) is 0 Å². The van der Waals surface area contributed by atoms with E-state index >= 15 is 0 Å². The van der Waals surface area contributed by atoms with Gasteiger partial charge in [-0.2, -0.15) is 0 Å². The number of methoxy groups -OCH3 is 1. The monoisotopic (exact) mass is 146 g/mol. The molecule has 0 spiro atoms. The Bertz CT molecular complexity index is 364. The maximum Gasteiger partial charge on any atom is 0.144 e. The molecule has 0 aliphatic heterocycles. The zero-order valence-corrected chi connectivity index (χ0v) is 6.22. The molecular formula is C9H8NO. The number of nitrogens with one attached hydrogen (secondary N) is 1. The third-order valence-electron chi connectivity index (χ3n) is 1.71. The van der Waals surface area contributed by atoms with Crippen LogP contribution in [0.2, 0.25) is 0 Å². The Morgan fingerprint density at radius 2 is 2.45 bits per heavy atom. The lowest BCUT2D eigenvalue weighted by atomic mass is 10.2. The first-order chi connectivity index (χ1) is 5.42. The molecule has 0 atom stereocenters. The van der Waals surface area contributed by atoms with Crippen LogP contribution >= 0.6 is 0 Å². The van der Waals surface area contributed by atoms with Gasteiger partial charge in [0.25, 0.3) is 0 Å². The van der Waals surface area contributed by atoms with Crippen molar-refractivity contribution in [3.8, 4) is 5.75 Å². The molecule has 2 heteroatoms. The molecule has 0 saturated carbocycles. The topological polar surface area (TPSA) is 25.0 Å². The summed E-state index contributed by atoms with van der Waals surface area (Å²) in [5.74, 6) is 0.883. The molecule has 1 N–H and O–H groups in total. The third-order valence-corrected chi connectivity index (χ3v) is 1.71. The highest BCUT2D eigenvalue weighted by atomic mass is 16.5. The van der Waals surface area contributed by atoms with Crippen LogP contribution in [0.1, 0.15) is 0 Å². The van der Waals surface area contributed by atoms with Crippen molar-refractivity contribution < 1.29 is 4.74 Å². The summed E-state index contributed by atoms with van der Waals surface area (Å²) < 4.78 is 5.12. The van der Waals surface area contributed by atoms with Gasteiger partial charge in [0.15, 0.2) is 0 Å². The first kappa shape index (κ1) is 6.28. The van der Waals surface area contributed by atoms with Gasteiger partial charge in [-0.05, 0) is 18.2 Å². The molecule has 2 rings (SSSR count). The van der Waals surface area contributed by atoms with Crippen LogP contribution in [-0.4, -0.2) is 12.1 Å². The van der Waals surface area contributed by atoms with Gasteiger partial charge < -0.3 is 9.72 Å². The van der Waals surface area contributed by atoms with E-state index in [1.54, 1.807) is 7.11 Å². The van der Waals surface area contributed by atoms with Gasteiger partial charge in [-0.15, -0.1) is 0 Å². The van der Waals surface area contributed by atoms with Gasteiger partial charge in [0.05, 0.1) is 7.11 Å². The molecule has 0 saturated heterocycles. The first-order valence-electron chi connectivity index (χ1n) is 3.43. The van der Waals surface area contributed by atoms with Gasteiger partial charge in [-0.1, -0.05) is 6.07 Å². The van der Waals surface area contributed by atoms with Crippen molar-refractivity contribution in [3.05, 3.63) is 30.5 Å². The highest BCUT2D eigenvalue weighted by molar-refractivity contribution is 5.85. The highest BCUT2D eigenvalue weighted by Crippen LogP contribution is 2.23. The van der Waals surface area contributed by atoms with Crippen molar-refractivity contribution >= 4 is 10.9 Å². The average Bonchev–Trinajstić information content (AvgIpc) is 2.47. The summed E-state index contributed by atoms with van der Waals surface area (Å²) >= 11 is 0. The van der Waals surface area contributed by atoms with Crippen molar-refractivity contribution in [2.75, 3.05) is 7.11 Å². The molecule has 1 radical (unpaired) electrons. The molecule has 55 valence electrons. The molecule has 0 bridgehead atoms. The highest BCUT2D eigenvalue weighted by Gasteiger charge is 1.99. The second kappa shape index (κ2) is 2.31. The minimum Gasteiger partial charge on any atom is -0.495 e. The maximum absolute atomic E-state index is 5.12. The van der Waals surface area contributed by atoms with Gasteiger partial charge in [-0.3, -0.25) is 0 Å². The minimum atomic E-state index is 0.883. The van der Waals surface area contributed by atoms with E-state index in [2.05, 4.69) is 11.1 Å². The zero-order chi connectivity index (χ0) is 7.68. The quantitative estimate of drug-likeness (QED) is 0.653. The predicted molar refractivity (Wildman–Crippen MR) is 43.7 cm³/mol. The second-order valence-corrected chi connectivity index (χ2v) is 2.33. The lowest BCUT2D eigenvalue weighted by Gasteiger charge is -1.93. The summed E-state index contributed by atoms with van der Waals surface area (Å²) in [7, 11) is 1.67. The Hall–Kier alpha value is -1.44. The number of ether oxygens (including phenoxy) is 1. The Morgan fingerprint density at radius 3 is 3.27 bits per heavy atom. The molecule has 0 unspecified atom stereocenters. The van der Waals surface area contributed by atoms with Crippen LogP contribution in [0.25, 0.3) is 10.9 Å². The second-order valence-electron chi connectivity index (χ2n) is 2.33. The number of H-pyrrole nitrogens is 1. The van der Waals surface area contributed by atoms with Gasteiger partial charge in [0.1, 0.15) is 5.75 Å². The Balaban J connectivity index is 2.76. The van der Waals surface area contributed by atoms with Crippen molar-refractivity contribution in [3.63, 3.8) is 0 Å². The number of aromatic amines is 1. The number of fused-ring (bicyclic) bond motifs is 1. The summed E-state index contributed by atoms with van der Waals surface area (Å²) in [5, 5.41) is 1.10. The van der Waals surface area contributed by atoms with E-state index in [-0.39, 0.29) is 0 Å². The Labute approximate surface area is 64.8 Å². The molecule has 0 amide bonds. The van der Waals surface area contributed by atoms with E-state index < -0.39 is 0 Å². The van der Waals surface area contributed by atoms with Crippen molar-refractivity contribution in [1.82, 2.24) is 4.98 Å². The zero-order valence-electron chi connectivity index (χ0n) is 6.22. The van der Waals surface area contributed by atoms with Gasteiger partial charge in [0.2, 0.25) is 0 Å². The molecule has 0 aliphatic rings. The molecule has 1 heterocycles. The van der Waals surface area contributed by atoms with Crippen LogP contribution < -0.4 is 4.74 Å². The normalized spacial score (nSPS) is 10.3. The van der Waals surface area contributed by atoms with E-state index in [4.69, 9.17) is 4.74 Å². The summed E-state index contributed by atoms with van der Waals surface area (Å²) in [4.78, 5) is 3.08. The van der Waals surface area contributed by atoms with Crippen LogP contribution in [0.4, 0.5) is 0 Å². The maximum atomic E-state index is 5.12. The van der Waals surface area contributed by atoms with E-state index in [1.165, 1.54) is 0 Å². The Kier molecular flexibility index (Phi) is 1.32. The third kappa shape index (κ3) is 0.871. The first-order valence-corrected chi connectivity index (χ1v) is 3.43. The van der Waals surface area contributed by atoms with E-state index in [1.807, 2.05) is 24.4 Å². The summed E-state index contributed by atoms with van der Waals surface area (Å²) in [6.07, 6.45) is 1.85. The van der Waals surface area contributed by atoms with Crippen LogP contribution in [0.5, 0.6) is 5.75 Å². The largest absolute Gasteiger partial charge is 0.495 e. The van der Waals surface area contributed by atoms with Crippen LogP contribution in [0.15, 0.2) is 24.4 Å². The van der Waals surface area contributed by atoms with Crippen LogP contribution in [-0.2, 0) is 0 Å². The lowest BCUT2D eigenvalue weighted by molar-refractivity contribution is 0.419. The van der Waals surface area contributed by atoms with Crippen molar-refractivity contribution in [2.24, 2.45) is 0 Å². The fourth-order valence-corrected chi connectivity index (χ4v) is 1.15. The predicted octanol–water partition coefficient (Wildman–Crippen LogP) is 1.98. The number of benzene rings is 1. The van der Waals surface area contributed by atoms with E-state index in [0.29, 0.717) is 0 Å². The summed E-state index contributed by atoms with van der Waals surface area (Å²) in [5.41, 5.74) is 1.06. The minimum absolute atomic E-state index is 0.883. The van der Waals surface area contributed by atoms with Crippen LogP contribution in [0.3, 0.4) is 0 Å². The van der Waals surface area contributed by atoms with Gasteiger partial charge in [0, 0.05) is 17.1 Å². The molecule has 1 aromatic carbocycles. The van der Waals surface area contributed by atoms with E-state index in [9.17, 15) is 0 Å². The molecule has 0 aliphatic carbocycles. The lowest BCUT2D eigenvalue weighted by Crippen LogP contribution is -1.77. The fraction of sp³-hybridized carbons (Fsp3) is 0.111. The SMILES string of the molecule is COc1c[nH]c2c[c]ccc12. The smallest absolute Gasteiger partial charge is 0.144 e. The summed E-state index contributed by atoms with van der Waals surface area (Å²) in [6.45, 7) is 0. The molecule has 11 heavy (non-hydrogen) atoms. The number of aromatic nitrogens is 1.